The molecule has 2 aliphatic heterocycles. The highest BCUT2D eigenvalue weighted by molar-refractivity contribution is 5.80. The Bertz CT molecular complexity index is 664. The minimum Gasteiger partial charge on any atom is -0.352 e. The molecule has 29 heavy (non-hydrogen) atoms. The fourth-order valence-electron chi connectivity index (χ4n) is 4.27. The Morgan fingerprint density at radius 2 is 1.86 bits per heavy atom. The molecule has 3 rings (SSSR count). The second-order valence-corrected chi connectivity index (χ2v) is 8.14. The number of nitrogens with zero attached hydrogens (tertiary/aromatic N) is 3. The van der Waals surface area contributed by atoms with Crippen LogP contribution >= 0.6 is 0 Å². The smallest absolute Gasteiger partial charge is 0.352 e. The van der Waals surface area contributed by atoms with Crippen molar-refractivity contribution in [3.63, 3.8) is 0 Å². The van der Waals surface area contributed by atoms with E-state index in [4.69, 9.17) is 0 Å². The number of nitrogens with one attached hydrogen (secondary N) is 2. The van der Waals surface area contributed by atoms with Crippen molar-refractivity contribution < 1.29 is 13.2 Å². The van der Waals surface area contributed by atoms with Gasteiger partial charge >= 0.3 is 6.18 Å². The number of halogens is 3. The molecule has 0 amide bonds. The van der Waals surface area contributed by atoms with Crippen molar-refractivity contribution in [2.45, 2.75) is 57.5 Å². The highest BCUT2D eigenvalue weighted by atomic mass is 19.4. The minimum atomic E-state index is -4.14. The topological polar surface area (TPSA) is 42.9 Å². The van der Waals surface area contributed by atoms with E-state index in [9.17, 15) is 13.2 Å². The quantitative estimate of drug-likeness (QED) is 0.558. The summed E-state index contributed by atoms with van der Waals surface area (Å²) in [6.45, 7) is 6.69. The van der Waals surface area contributed by atoms with Crippen molar-refractivity contribution in [1.29, 1.82) is 0 Å². The lowest BCUT2D eigenvalue weighted by atomic mass is 10.2. The van der Waals surface area contributed by atoms with E-state index in [1.165, 1.54) is 10.5 Å². The average Bonchev–Trinajstić information content (AvgIpc) is 3.21. The highest BCUT2D eigenvalue weighted by Gasteiger charge is 2.35. The van der Waals surface area contributed by atoms with Crippen LogP contribution in [0.5, 0.6) is 0 Å². The normalized spacial score (nSPS) is 26.8. The van der Waals surface area contributed by atoms with Crippen LogP contribution in [0.1, 0.15) is 32.3 Å². The van der Waals surface area contributed by atoms with Crippen molar-refractivity contribution in [3.05, 3.63) is 35.9 Å². The van der Waals surface area contributed by atoms with Crippen LogP contribution in [0.25, 0.3) is 0 Å². The molecule has 1 aromatic rings. The van der Waals surface area contributed by atoms with Gasteiger partial charge in [-0.2, -0.15) is 13.2 Å². The summed E-state index contributed by atoms with van der Waals surface area (Å²) in [6, 6.07) is 11.2. The number of likely N-dealkylation sites (tertiary alicyclic amines) is 2. The van der Waals surface area contributed by atoms with E-state index >= 15 is 0 Å². The molecule has 0 radical (unpaired) electrons. The zero-order chi connectivity index (χ0) is 20.9. The van der Waals surface area contributed by atoms with Crippen LogP contribution in [0.3, 0.4) is 0 Å². The summed E-state index contributed by atoms with van der Waals surface area (Å²) in [7, 11) is 0. The molecule has 162 valence electrons. The Balaban J connectivity index is 1.50. The van der Waals surface area contributed by atoms with E-state index in [0.717, 1.165) is 19.5 Å². The van der Waals surface area contributed by atoms with Crippen LogP contribution < -0.4 is 10.6 Å². The third-order valence-electron chi connectivity index (χ3n) is 5.61. The molecule has 1 aromatic carbocycles. The average molecular weight is 412 g/mol. The molecule has 3 unspecified atom stereocenters. The predicted octanol–water partition coefficient (Wildman–Crippen LogP) is 2.84. The summed E-state index contributed by atoms with van der Waals surface area (Å²) in [5, 5.41) is 6.86. The molecule has 0 aromatic heterocycles. The van der Waals surface area contributed by atoms with E-state index in [1.807, 2.05) is 13.0 Å². The van der Waals surface area contributed by atoms with Crippen molar-refractivity contribution in [1.82, 2.24) is 20.4 Å². The molecule has 2 aliphatic rings. The zero-order valence-electron chi connectivity index (χ0n) is 17.3. The Hall–Kier alpha value is -1.80. The second-order valence-electron chi connectivity index (χ2n) is 8.14. The van der Waals surface area contributed by atoms with Crippen LogP contribution in [0.2, 0.25) is 0 Å². The number of alkyl halides is 3. The highest BCUT2D eigenvalue weighted by Crippen LogP contribution is 2.21. The maximum absolute atomic E-state index is 12.6. The van der Waals surface area contributed by atoms with E-state index in [1.54, 1.807) is 0 Å². The van der Waals surface area contributed by atoms with Gasteiger partial charge in [-0.25, -0.2) is 0 Å². The van der Waals surface area contributed by atoms with Crippen molar-refractivity contribution in [3.8, 4) is 0 Å². The first-order chi connectivity index (χ1) is 13.8. The van der Waals surface area contributed by atoms with Crippen molar-refractivity contribution >= 4 is 5.96 Å². The number of benzene rings is 1. The molecular weight excluding hydrogens is 379 g/mol. The molecule has 2 fully saturated rings. The fraction of sp³-hybridized carbons (Fsp3) is 0.667. The van der Waals surface area contributed by atoms with Crippen LogP contribution in [-0.4, -0.2) is 72.8 Å². The molecule has 2 heterocycles. The van der Waals surface area contributed by atoms with Gasteiger partial charge in [-0.3, -0.25) is 14.8 Å². The van der Waals surface area contributed by atoms with Gasteiger partial charge in [-0.15, -0.1) is 0 Å². The lowest BCUT2D eigenvalue weighted by Gasteiger charge is -2.23. The van der Waals surface area contributed by atoms with Crippen LogP contribution in [0, 0.1) is 0 Å². The van der Waals surface area contributed by atoms with Gasteiger partial charge < -0.3 is 10.6 Å². The number of aliphatic imine (C=N–C) groups is 1. The second kappa shape index (κ2) is 9.80. The standard InChI is InChI=1S/C21H32F3N5/c1-3-25-20(26-18-9-10-28(13-18)15-21(22,23)24)27-19-11-16(2)29(14-19)12-17-7-5-4-6-8-17/h4-8,16,18-19H,3,9-15H2,1-2H3,(H2,25,26,27). The molecule has 0 saturated carbocycles. The van der Waals surface area contributed by atoms with E-state index in [2.05, 4.69) is 51.7 Å². The molecular formula is C21H32F3N5. The number of hydrogen-bond acceptors (Lipinski definition) is 3. The molecule has 3 atom stereocenters. The van der Waals surface area contributed by atoms with Gasteiger partial charge in [0.05, 0.1) is 6.54 Å². The number of hydrogen-bond donors (Lipinski definition) is 2. The molecule has 0 spiro atoms. The molecule has 0 bridgehead atoms. The third-order valence-corrected chi connectivity index (χ3v) is 5.61. The lowest BCUT2D eigenvalue weighted by molar-refractivity contribution is -0.143. The van der Waals surface area contributed by atoms with E-state index in [-0.39, 0.29) is 12.1 Å². The van der Waals surface area contributed by atoms with Gasteiger partial charge in [0.2, 0.25) is 0 Å². The Labute approximate surface area is 171 Å². The van der Waals surface area contributed by atoms with Gasteiger partial charge in [-0.1, -0.05) is 30.3 Å². The Morgan fingerprint density at radius 3 is 2.55 bits per heavy atom. The molecule has 8 heteroatoms. The van der Waals surface area contributed by atoms with Crippen LogP contribution in [-0.2, 0) is 6.54 Å². The van der Waals surface area contributed by atoms with Gasteiger partial charge in [0.25, 0.3) is 0 Å². The van der Waals surface area contributed by atoms with Gasteiger partial charge in [0.1, 0.15) is 0 Å². The SMILES string of the molecule is CCN=C(NC1CCN(CC(F)(F)F)C1)NC1CC(C)N(Cc2ccccc2)C1. The van der Waals surface area contributed by atoms with Crippen molar-refractivity contribution in [2.24, 2.45) is 4.99 Å². The maximum atomic E-state index is 12.6. The summed E-state index contributed by atoms with van der Waals surface area (Å²) in [5.74, 6) is 0.713. The zero-order valence-corrected chi connectivity index (χ0v) is 17.3. The monoisotopic (exact) mass is 411 g/mol. The Morgan fingerprint density at radius 1 is 1.14 bits per heavy atom. The van der Waals surface area contributed by atoms with Crippen LogP contribution in [0.4, 0.5) is 13.2 Å². The number of rotatable bonds is 6. The largest absolute Gasteiger partial charge is 0.401 e. The number of guanidine groups is 1. The maximum Gasteiger partial charge on any atom is 0.401 e. The van der Waals surface area contributed by atoms with Gasteiger partial charge in [0.15, 0.2) is 5.96 Å². The lowest BCUT2D eigenvalue weighted by Crippen LogP contribution is -2.49. The first-order valence-electron chi connectivity index (χ1n) is 10.5. The third kappa shape index (κ3) is 6.89. The van der Waals surface area contributed by atoms with Gasteiger partial charge in [0, 0.05) is 50.8 Å². The summed E-state index contributed by atoms with van der Waals surface area (Å²) >= 11 is 0. The fourth-order valence-corrected chi connectivity index (χ4v) is 4.27. The van der Waals surface area contributed by atoms with Crippen molar-refractivity contribution in [2.75, 3.05) is 32.7 Å². The minimum absolute atomic E-state index is 0.00519. The summed E-state index contributed by atoms with van der Waals surface area (Å²) in [6.07, 6.45) is -2.43. The molecule has 0 aliphatic carbocycles. The molecule has 5 nitrogen and oxygen atoms in total. The molecule has 2 N–H and O–H groups in total. The first kappa shape index (κ1) is 21.9. The summed E-state index contributed by atoms with van der Waals surface area (Å²) in [4.78, 5) is 8.43. The molecule has 2 saturated heterocycles. The predicted molar refractivity (Wildman–Crippen MR) is 110 cm³/mol. The summed E-state index contributed by atoms with van der Waals surface area (Å²) < 4.78 is 37.8. The first-order valence-corrected chi connectivity index (χ1v) is 10.5. The Kier molecular flexibility index (Phi) is 7.40. The summed E-state index contributed by atoms with van der Waals surface area (Å²) in [5.41, 5.74) is 1.30. The van der Waals surface area contributed by atoms with Crippen LogP contribution in [0.15, 0.2) is 35.3 Å². The van der Waals surface area contributed by atoms with E-state index < -0.39 is 12.7 Å². The van der Waals surface area contributed by atoms with Gasteiger partial charge in [-0.05, 0) is 32.3 Å². The van der Waals surface area contributed by atoms with E-state index in [0.29, 0.717) is 38.1 Å².